The van der Waals surface area contributed by atoms with Gasteiger partial charge in [-0.05, 0) is 19.4 Å². The molecule has 124 valence electrons. The highest BCUT2D eigenvalue weighted by Crippen LogP contribution is 2.48. The number of methoxy groups -OCH3 is 1. The minimum Gasteiger partial charge on any atom is -0.468 e. The van der Waals surface area contributed by atoms with E-state index in [1.165, 1.54) is 7.11 Å². The Labute approximate surface area is 131 Å². The van der Waals surface area contributed by atoms with Crippen LogP contribution in [0.15, 0.2) is 30.3 Å². The largest absolute Gasteiger partial charge is 0.468 e. The molecule has 0 aromatic heterocycles. The van der Waals surface area contributed by atoms with Crippen LogP contribution in [0.4, 0.5) is 0 Å². The van der Waals surface area contributed by atoms with Gasteiger partial charge in [0.25, 0.3) is 0 Å². The van der Waals surface area contributed by atoms with Crippen LogP contribution >= 0.6 is 7.60 Å². The third-order valence-electron chi connectivity index (χ3n) is 2.85. The Bertz CT molecular complexity index is 484. The SMILES string of the molecule is CCOP(=O)(CN(CC(=O)OC)Cc1ccccc1)OCC. The van der Waals surface area contributed by atoms with E-state index >= 15 is 0 Å². The van der Waals surface area contributed by atoms with Crippen molar-refractivity contribution in [1.82, 2.24) is 4.90 Å². The molecule has 0 bridgehead atoms. The summed E-state index contributed by atoms with van der Waals surface area (Å²) in [7, 11) is -1.93. The molecule has 0 radical (unpaired) electrons. The number of hydrogen-bond donors (Lipinski definition) is 0. The van der Waals surface area contributed by atoms with E-state index in [0.717, 1.165) is 5.56 Å². The van der Waals surface area contributed by atoms with Crippen molar-refractivity contribution < 1.29 is 23.1 Å². The number of nitrogens with zero attached hydrogens (tertiary/aromatic N) is 1. The van der Waals surface area contributed by atoms with Gasteiger partial charge in [-0.15, -0.1) is 0 Å². The van der Waals surface area contributed by atoms with Gasteiger partial charge in [0.1, 0.15) is 6.29 Å². The highest BCUT2D eigenvalue weighted by molar-refractivity contribution is 7.53. The van der Waals surface area contributed by atoms with Gasteiger partial charge in [-0.1, -0.05) is 30.3 Å². The summed E-state index contributed by atoms with van der Waals surface area (Å²) in [6, 6.07) is 9.62. The van der Waals surface area contributed by atoms with Crippen molar-refractivity contribution in [2.45, 2.75) is 20.4 Å². The minimum atomic E-state index is -3.26. The summed E-state index contributed by atoms with van der Waals surface area (Å²) in [5.41, 5.74) is 1.01. The lowest BCUT2D eigenvalue weighted by atomic mass is 10.2. The molecule has 0 spiro atoms. The van der Waals surface area contributed by atoms with Crippen molar-refractivity contribution in [1.29, 1.82) is 0 Å². The fraction of sp³-hybridized carbons (Fsp3) is 0.533. The van der Waals surface area contributed by atoms with Crippen LogP contribution < -0.4 is 0 Å². The molecule has 0 aliphatic carbocycles. The maximum Gasteiger partial charge on any atom is 0.344 e. The molecule has 22 heavy (non-hydrogen) atoms. The molecule has 0 heterocycles. The smallest absolute Gasteiger partial charge is 0.344 e. The molecule has 1 aromatic rings. The van der Waals surface area contributed by atoms with Crippen LogP contribution in [0.3, 0.4) is 0 Å². The first-order chi connectivity index (χ1) is 10.5. The normalized spacial score (nSPS) is 11.6. The summed E-state index contributed by atoms with van der Waals surface area (Å²) in [5.74, 6) is -0.393. The summed E-state index contributed by atoms with van der Waals surface area (Å²) in [5, 5.41) is 0. The summed E-state index contributed by atoms with van der Waals surface area (Å²) >= 11 is 0. The zero-order valence-electron chi connectivity index (χ0n) is 13.4. The number of esters is 1. The van der Waals surface area contributed by atoms with Gasteiger partial charge < -0.3 is 13.8 Å². The number of hydrogen-bond acceptors (Lipinski definition) is 6. The van der Waals surface area contributed by atoms with Gasteiger partial charge in [-0.25, -0.2) is 0 Å². The van der Waals surface area contributed by atoms with Gasteiger partial charge in [0, 0.05) is 6.54 Å². The Morgan fingerprint density at radius 2 is 1.73 bits per heavy atom. The third kappa shape index (κ3) is 6.71. The van der Waals surface area contributed by atoms with Gasteiger partial charge in [0.05, 0.1) is 26.9 Å². The Balaban J connectivity index is 2.84. The lowest BCUT2D eigenvalue weighted by Crippen LogP contribution is -2.31. The summed E-state index contributed by atoms with van der Waals surface area (Å²) < 4.78 is 27.9. The van der Waals surface area contributed by atoms with Crippen molar-refractivity contribution in [2.24, 2.45) is 0 Å². The number of carbonyl (C=O) groups is 1. The second kappa shape index (κ2) is 9.74. The second-order valence-electron chi connectivity index (χ2n) is 4.64. The molecule has 1 aromatic carbocycles. The molecule has 0 aliphatic rings. The van der Waals surface area contributed by atoms with Crippen LogP contribution in [-0.4, -0.2) is 44.0 Å². The topological polar surface area (TPSA) is 65.1 Å². The maximum atomic E-state index is 12.6. The third-order valence-corrected chi connectivity index (χ3v) is 4.90. The number of carbonyl (C=O) groups excluding carboxylic acids is 1. The van der Waals surface area contributed by atoms with E-state index < -0.39 is 13.6 Å². The van der Waals surface area contributed by atoms with E-state index in [1.54, 1.807) is 18.7 Å². The number of benzene rings is 1. The molecule has 0 unspecified atom stereocenters. The quantitative estimate of drug-likeness (QED) is 0.486. The van der Waals surface area contributed by atoms with Gasteiger partial charge in [-0.3, -0.25) is 14.3 Å². The van der Waals surface area contributed by atoms with Crippen molar-refractivity contribution >= 4 is 13.6 Å². The van der Waals surface area contributed by atoms with E-state index in [1.807, 2.05) is 30.3 Å². The van der Waals surface area contributed by atoms with Gasteiger partial charge in [-0.2, -0.15) is 0 Å². The first kappa shape index (κ1) is 18.8. The number of rotatable bonds is 10. The van der Waals surface area contributed by atoms with Crippen LogP contribution in [0, 0.1) is 0 Å². The Hall–Kier alpha value is -1.20. The summed E-state index contributed by atoms with van der Waals surface area (Å²) in [6.45, 7) is 4.57. The standard InChI is InChI=1S/C15H24NO5P/c1-4-20-22(18,21-5-2)13-16(12-15(17)19-3)11-14-9-7-6-8-10-14/h6-10H,4-5,11-13H2,1-3H3. The first-order valence-electron chi connectivity index (χ1n) is 7.24. The number of ether oxygens (including phenoxy) is 1. The minimum absolute atomic E-state index is 0.0233. The molecule has 6 nitrogen and oxygen atoms in total. The summed E-state index contributed by atoms with van der Waals surface area (Å²) in [4.78, 5) is 13.3. The van der Waals surface area contributed by atoms with Crippen molar-refractivity contribution in [3.8, 4) is 0 Å². The van der Waals surface area contributed by atoms with Crippen LogP contribution in [0.1, 0.15) is 19.4 Å². The predicted octanol–water partition coefficient (Wildman–Crippen LogP) is 2.89. The van der Waals surface area contributed by atoms with E-state index in [-0.39, 0.29) is 26.0 Å². The van der Waals surface area contributed by atoms with Crippen molar-refractivity contribution in [2.75, 3.05) is 33.2 Å². The van der Waals surface area contributed by atoms with Crippen molar-refractivity contribution in [3.05, 3.63) is 35.9 Å². The highest BCUT2D eigenvalue weighted by Gasteiger charge is 2.28. The monoisotopic (exact) mass is 329 g/mol. The molecule has 0 fully saturated rings. The molecule has 0 aliphatic heterocycles. The average Bonchev–Trinajstić information content (AvgIpc) is 2.48. The average molecular weight is 329 g/mol. The van der Waals surface area contributed by atoms with E-state index in [2.05, 4.69) is 0 Å². The first-order valence-corrected chi connectivity index (χ1v) is 8.97. The predicted molar refractivity (Wildman–Crippen MR) is 84.6 cm³/mol. The molecule has 0 atom stereocenters. The molecular weight excluding hydrogens is 305 g/mol. The molecule has 0 amide bonds. The van der Waals surface area contributed by atoms with E-state index in [4.69, 9.17) is 13.8 Å². The van der Waals surface area contributed by atoms with Gasteiger partial charge >= 0.3 is 13.6 Å². The molecule has 0 saturated heterocycles. The van der Waals surface area contributed by atoms with Gasteiger partial charge in [0.2, 0.25) is 0 Å². The fourth-order valence-corrected chi connectivity index (χ4v) is 3.72. The zero-order valence-corrected chi connectivity index (χ0v) is 14.3. The van der Waals surface area contributed by atoms with E-state index in [0.29, 0.717) is 6.54 Å². The zero-order chi connectivity index (χ0) is 16.4. The Morgan fingerprint density at radius 1 is 1.14 bits per heavy atom. The maximum absolute atomic E-state index is 12.6. The highest BCUT2D eigenvalue weighted by atomic mass is 31.2. The molecule has 0 N–H and O–H groups in total. The second-order valence-corrected chi connectivity index (χ2v) is 6.66. The lowest BCUT2D eigenvalue weighted by Gasteiger charge is -2.26. The molecule has 7 heteroatoms. The van der Waals surface area contributed by atoms with Crippen LogP contribution in [0.2, 0.25) is 0 Å². The van der Waals surface area contributed by atoms with E-state index in [9.17, 15) is 9.36 Å². The fourth-order valence-electron chi connectivity index (χ4n) is 2.00. The van der Waals surface area contributed by atoms with Crippen molar-refractivity contribution in [3.63, 3.8) is 0 Å². The van der Waals surface area contributed by atoms with Gasteiger partial charge in [0.15, 0.2) is 0 Å². The summed E-state index contributed by atoms with van der Waals surface area (Å²) in [6.07, 6.45) is 0.0404. The molecular formula is C15H24NO5P. The molecule has 0 saturated carbocycles. The lowest BCUT2D eigenvalue weighted by molar-refractivity contribution is -0.141. The van der Waals surface area contributed by atoms with Crippen LogP contribution in [0.25, 0.3) is 0 Å². The molecule has 1 rings (SSSR count). The van der Waals surface area contributed by atoms with Crippen LogP contribution in [-0.2, 0) is 29.7 Å². The Kier molecular flexibility index (Phi) is 8.35. The Morgan fingerprint density at radius 3 is 2.23 bits per heavy atom. The van der Waals surface area contributed by atoms with Crippen LogP contribution in [0.5, 0.6) is 0 Å².